The third-order valence-corrected chi connectivity index (χ3v) is 10.5. The molecule has 3 atom stereocenters. The van der Waals surface area contributed by atoms with E-state index in [9.17, 15) is 23.6 Å². The number of halogens is 3. The number of imide groups is 1. The minimum absolute atomic E-state index is 0.294. The van der Waals surface area contributed by atoms with Gasteiger partial charge in [-0.2, -0.15) is 0 Å². The average Bonchev–Trinajstić information content (AvgIpc) is 3.37. The molecule has 1 saturated heterocycles. The fourth-order valence-electron chi connectivity index (χ4n) is 5.01. The first kappa shape index (κ1) is 27.1. The van der Waals surface area contributed by atoms with Gasteiger partial charge in [0.25, 0.3) is 0 Å². The smallest absolute Gasteiger partial charge is 0.308 e. The molecule has 40 heavy (non-hydrogen) atoms. The highest BCUT2D eigenvalue weighted by molar-refractivity contribution is 9.10. The number of thiazole rings is 1. The van der Waals surface area contributed by atoms with E-state index in [1.54, 1.807) is 24.3 Å². The Labute approximate surface area is 252 Å². The molecule has 0 aliphatic carbocycles. The lowest BCUT2D eigenvalue weighted by molar-refractivity contribution is -0.122. The second kappa shape index (κ2) is 10.7. The van der Waals surface area contributed by atoms with Crippen LogP contribution in [0, 0.1) is 11.7 Å². The minimum atomic E-state index is -0.780. The van der Waals surface area contributed by atoms with Gasteiger partial charge in [-0.15, -0.1) is 0 Å². The lowest BCUT2D eigenvalue weighted by Gasteiger charge is -2.30. The third kappa shape index (κ3) is 4.87. The Morgan fingerprint density at radius 1 is 0.875 bits per heavy atom. The summed E-state index contributed by atoms with van der Waals surface area (Å²) in [6, 6.07) is 19.7. The van der Waals surface area contributed by atoms with Gasteiger partial charge in [0.05, 0.1) is 16.6 Å². The van der Waals surface area contributed by atoms with Crippen molar-refractivity contribution in [2.75, 3.05) is 10.2 Å². The van der Waals surface area contributed by atoms with Gasteiger partial charge in [-0.05, 0) is 66.2 Å². The van der Waals surface area contributed by atoms with Gasteiger partial charge < -0.3 is 5.32 Å². The van der Waals surface area contributed by atoms with Gasteiger partial charge in [-0.25, -0.2) is 9.29 Å². The molecule has 1 fully saturated rings. The van der Waals surface area contributed by atoms with Crippen molar-refractivity contribution in [2.45, 2.75) is 22.7 Å². The third-order valence-electron chi connectivity index (χ3n) is 6.79. The first-order chi connectivity index (χ1) is 19.2. The number of thioether (sulfide) groups is 1. The number of rotatable bonds is 5. The van der Waals surface area contributed by atoms with E-state index in [0.29, 0.717) is 21.3 Å². The van der Waals surface area contributed by atoms with Crippen LogP contribution in [0.15, 0.2) is 91.6 Å². The maximum atomic E-state index is 13.9. The zero-order chi connectivity index (χ0) is 28.1. The van der Waals surface area contributed by atoms with Crippen LogP contribution in [0.5, 0.6) is 0 Å². The van der Waals surface area contributed by atoms with Gasteiger partial charge in [0.2, 0.25) is 17.7 Å². The normalized spacial score (nSPS) is 19.9. The highest BCUT2D eigenvalue weighted by Gasteiger charge is 2.56. The molecule has 0 spiro atoms. The summed E-state index contributed by atoms with van der Waals surface area (Å²) < 4.78 is 16.3. The molecule has 3 heterocycles. The van der Waals surface area contributed by atoms with Crippen molar-refractivity contribution < 1.29 is 18.8 Å². The molecule has 2 aliphatic heterocycles. The summed E-state index contributed by atoms with van der Waals surface area (Å²) in [5.41, 5.74) is 1.66. The van der Waals surface area contributed by atoms with Crippen LogP contribution >= 0.6 is 55.0 Å². The van der Waals surface area contributed by atoms with Gasteiger partial charge in [-0.1, -0.05) is 67.1 Å². The van der Waals surface area contributed by atoms with Gasteiger partial charge in [0, 0.05) is 25.4 Å². The number of nitrogens with zero attached hydrogens (tertiary/aromatic N) is 2. The molecule has 12 heteroatoms. The predicted molar refractivity (Wildman–Crippen MR) is 159 cm³/mol. The van der Waals surface area contributed by atoms with Crippen molar-refractivity contribution in [3.8, 4) is 0 Å². The Kier molecular flexibility index (Phi) is 7.28. The standard InChI is InChI=1S/C28H18Br2FN3O4S2/c29-15-3-1-14(2-4-15)21-22-23(26(37)34(25(22)36)19-11-5-16(30)6-12-19)39-27-24(21)40-28(38)33(27)13-20(35)32-18-9-7-17(31)8-10-18/h1-12,21-23H,13H2,(H,32,35)/t21-,22?,23?/m1/s1. The summed E-state index contributed by atoms with van der Waals surface area (Å²) in [7, 11) is 0. The van der Waals surface area contributed by atoms with Crippen LogP contribution in [0.1, 0.15) is 16.4 Å². The van der Waals surface area contributed by atoms with Crippen LogP contribution in [-0.4, -0.2) is 27.5 Å². The second-order valence-electron chi connectivity index (χ2n) is 9.26. The van der Waals surface area contributed by atoms with Gasteiger partial charge in [0.15, 0.2) is 0 Å². The Bertz CT molecular complexity index is 1710. The quantitative estimate of drug-likeness (QED) is 0.258. The number of carbonyl (C=O) groups excluding carboxylic acids is 3. The van der Waals surface area contributed by atoms with Gasteiger partial charge >= 0.3 is 4.87 Å². The number of anilines is 2. The van der Waals surface area contributed by atoms with E-state index in [1.165, 1.54) is 33.7 Å². The molecule has 2 aliphatic rings. The van der Waals surface area contributed by atoms with E-state index in [-0.39, 0.29) is 23.2 Å². The molecule has 2 unspecified atom stereocenters. The van der Waals surface area contributed by atoms with Crippen molar-refractivity contribution in [1.29, 1.82) is 0 Å². The molecule has 1 N–H and O–H groups in total. The fraction of sp³-hybridized carbons (Fsp3) is 0.143. The van der Waals surface area contributed by atoms with Crippen molar-refractivity contribution in [3.63, 3.8) is 0 Å². The molecule has 0 bridgehead atoms. The molecule has 0 saturated carbocycles. The summed E-state index contributed by atoms with van der Waals surface area (Å²) in [5.74, 6) is -2.87. The van der Waals surface area contributed by atoms with Crippen LogP contribution < -0.4 is 15.1 Å². The second-order valence-corrected chi connectivity index (χ2v) is 13.2. The van der Waals surface area contributed by atoms with E-state index < -0.39 is 28.8 Å². The minimum Gasteiger partial charge on any atom is -0.325 e. The van der Waals surface area contributed by atoms with Crippen LogP contribution in [0.4, 0.5) is 15.8 Å². The summed E-state index contributed by atoms with van der Waals surface area (Å²) in [4.78, 5) is 55.3. The average molecular weight is 703 g/mol. The van der Waals surface area contributed by atoms with E-state index in [0.717, 1.165) is 37.6 Å². The van der Waals surface area contributed by atoms with Gasteiger partial charge in [-0.3, -0.25) is 23.7 Å². The molecule has 1 aromatic heterocycles. The number of benzene rings is 3. The Balaban J connectivity index is 1.40. The van der Waals surface area contributed by atoms with Crippen molar-refractivity contribution in [2.24, 2.45) is 5.92 Å². The molecule has 3 aromatic carbocycles. The monoisotopic (exact) mass is 701 g/mol. The van der Waals surface area contributed by atoms with Gasteiger partial charge in [0.1, 0.15) is 17.6 Å². The summed E-state index contributed by atoms with van der Waals surface area (Å²) in [6.07, 6.45) is 0. The molecular formula is C28H18Br2FN3O4S2. The molecule has 3 amide bonds. The fourth-order valence-corrected chi connectivity index (χ4v) is 8.31. The maximum Gasteiger partial charge on any atom is 0.308 e. The van der Waals surface area contributed by atoms with Crippen molar-refractivity contribution in [3.05, 3.63) is 108 Å². The van der Waals surface area contributed by atoms with E-state index in [4.69, 9.17) is 0 Å². The van der Waals surface area contributed by atoms with Crippen molar-refractivity contribution in [1.82, 2.24) is 4.57 Å². The highest BCUT2D eigenvalue weighted by Crippen LogP contribution is 2.54. The van der Waals surface area contributed by atoms with Crippen LogP contribution in [-0.2, 0) is 20.9 Å². The predicted octanol–water partition coefficient (Wildman–Crippen LogP) is 6.01. The topological polar surface area (TPSA) is 88.5 Å². The van der Waals surface area contributed by atoms with E-state index >= 15 is 0 Å². The number of carbonyl (C=O) groups is 3. The number of aromatic nitrogens is 1. The Hall–Kier alpha value is -3.06. The molecule has 6 rings (SSSR count). The summed E-state index contributed by atoms with van der Waals surface area (Å²) >= 11 is 8.97. The molecular weight excluding hydrogens is 685 g/mol. The molecule has 7 nitrogen and oxygen atoms in total. The molecule has 0 radical (unpaired) electrons. The SMILES string of the molecule is O=C(Cn1c2c(sc1=O)[C@H](c1ccc(Br)cc1)C1C(=O)N(c3ccc(Br)cc3)C(=O)C1S2)Nc1ccc(F)cc1. The highest BCUT2D eigenvalue weighted by atomic mass is 79.9. The zero-order valence-corrected chi connectivity index (χ0v) is 25.2. The largest absolute Gasteiger partial charge is 0.325 e. The first-order valence-corrected chi connectivity index (χ1v) is 15.3. The summed E-state index contributed by atoms with van der Waals surface area (Å²) in [6.45, 7) is -0.294. The summed E-state index contributed by atoms with van der Waals surface area (Å²) in [5, 5.41) is 2.40. The molecule has 4 aromatic rings. The van der Waals surface area contributed by atoms with Crippen LogP contribution in [0.25, 0.3) is 0 Å². The number of nitrogens with one attached hydrogen (secondary N) is 1. The molecule has 202 valence electrons. The Morgan fingerprint density at radius 3 is 2.15 bits per heavy atom. The van der Waals surface area contributed by atoms with Crippen molar-refractivity contribution >= 4 is 84.1 Å². The van der Waals surface area contributed by atoms with E-state index in [1.807, 2.05) is 24.3 Å². The lowest BCUT2D eigenvalue weighted by Crippen LogP contribution is -2.33. The van der Waals surface area contributed by atoms with E-state index in [2.05, 4.69) is 37.2 Å². The van der Waals surface area contributed by atoms with Crippen LogP contribution in [0.3, 0.4) is 0 Å². The number of amides is 3. The number of hydrogen-bond donors (Lipinski definition) is 1. The number of hydrogen-bond acceptors (Lipinski definition) is 6. The Morgan fingerprint density at radius 2 is 1.50 bits per heavy atom. The number of fused-ring (bicyclic) bond motifs is 2. The maximum absolute atomic E-state index is 13.9. The zero-order valence-electron chi connectivity index (χ0n) is 20.3. The lowest BCUT2D eigenvalue weighted by atomic mass is 9.83. The first-order valence-electron chi connectivity index (χ1n) is 12.1. The van der Waals surface area contributed by atoms with Crippen LogP contribution in [0.2, 0.25) is 0 Å².